The minimum absolute atomic E-state index is 0.119. The van der Waals surface area contributed by atoms with Gasteiger partial charge in [0.25, 0.3) is 0 Å². The molecule has 1 saturated heterocycles. The van der Waals surface area contributed by atoms with E-state index in [1.807, 2.05) is 30.3 Å². The van der Waals surface area contributed by atoms with Crippen LogP contribution in [0.5, 0.6) is 0 Å². The standard InChI is InChI=1S/C9H7NO2Se/c11-8-7(13-9(12)10-8)6-4-2-1-3-5-6/h1-5,7H,(H,10,11,12). The third-order valence-corrected chi connectivity index (χ3v) is 3.97. The fourth-order valence-corrected chi connectivity index (χ4v) is 2.95. The Morgan fingerprint density at radius 3 is 2.38 bits per heavy atom. The van der Waals surface area contributed by atoms with Crippen molar-refractivity contribution in [2.75, 3.05) is 0 Å². The number of hydrogen-bond donors (Lipinski definition) is 1. The second kappa shape index (κ2) is 3.32. The topological polar surface area (TPSA) is 46.2 Å². The number of benzene rings is 1. The van der Waals surface area contributed by atoms with Crippen molar-refractivity contribution in [1.82, 2.24) is 5.32 Å². The van der Waals surface area contributed by atoms with Gasteiger partial charge in [0.1, 0.15) is 0 Å². The normalized spacial score (nSPS) is 21.7. The third kappa shape index (κ3) is 1.64. The summed E-state index contributed by atoms with van der Waals surface area (Å²) in [7, 11) is 0. The van der Waals surface area contributed by atoms with E-state index in [4.69, 9.17) is 0 Å². The first kappa shape index (κ1) is 8.48. The average Bonchev–Trinajstić information content (AvgIpc) is 2.47. The van der Waals surface area contributed by atoms with E-state index in [0.717, 1.165) is 5.56 Å². The summed E-state index contributed by atoms with van der Waals surface area (Å²) in [4.78, 5) is 21.9. The first-order valence-electron chi connectivity index (χ1n) is 3.84. The van der Waals surface area contributed by atoms with Crippen LogP contribution in [0.3, 0.4) is 0 Å². The fraction of sp³-hybridized carbons (Fsp3) is 0.111. The number of hydrogen-bond acceptors (Lipinski definition) is 2. The summed E-state index contributed by atoms with van der Waals surface area (Å²) >= 11 is -0.279. The predicted octanol–water partition coefficient (Wildman–Crippen LogP) is 0.682. The van der Waals surface area contributed by atoms with Crippen molar-refractivity contribution in [3.8, 4) is 0 Å². The van der Waals surface area contributed by atoms with Gasteiger partial charge in [-0.15, -0.1) is 0 Å². The molecule has 0 aliphatic carbocycles. The molecule has 2 rings (SSSR count). The van der Waals surface area contributed by atoms with Crippen molar-refractivity contribution in [2.45, 2.75) is 4.82 Å². The summed E-state index contributed by atoms with van der Waals surface area (Å²) in [6.45, 7) is 0. The van der Waals surface area contributed by atoms with Crippen LogP contribution >= 0.6 is 0 Å². The number of carbonyl (C=O) groups is 2. The van der Waals surface area contributed by atoms with E-state index in [2.05, 4.69) is 5.32 Å². The van der Waals surface area contributed by atoms with Crippen LogP contribution in [-0.2, 0) is 4.79 Å². The van der Waals surface area contributed by atoms with E-state index in [9.17, 15) is 9.59 Å². The summed E-state index contributed by atoms with van der Waals surface area (Å²) < 4.78 is 0. The molecule has 0 saturated carbocycles. The summed E-state index contributed by atoms with van der Waals surface area (Å²) in [6.07, 6.45) is 0. The third-order valence-electron chi connectivity index (χ3n) is 1.79. The van der Waals surface area contributed by atoms with Crippen LogP contribution in [0.2, 0.25) is 0 Å². The second-order valence-electron chi connectivity index (χ2n) is 2.69. The van der Waals surface area contributed by atoms with Gasteiger partial charge in [0, 0.05) is 0 Å². The molecule has 1 aliphatic heterocycles. The molecular formula is C9H7NO2Se. The molecule has 1 aromatic carbocycles. The predicted molar refractivity (Wildman–Crippen MR) is 48.5 cm³/mol. The Kier molecular flexibility index (Phi) is 2.17. The molecule has 1 unspecified atom stereocenters. The minimum atomic E-state index is -0.279. The molecule has 0 spiro atoms. The van der Waals surface area contributed by atoms with Gasteiger partial charge in [-0.05, 0) is 0 Å². The van der Waals surface area contributed by atoms with Crippen LogP contribution in [0, 0.1) is 0 Å². The average molecular weight is 240 g/mol. The van der Waals surface area contributed by atoms with Crippen LogP contribution in [0.4, 0.5) is 4.79 Å². The SMILES string of the molecule is O=C1NC(=O)C(c2ccccc2)[Se]1. The Balaban J connectivity index is 2.28. The number of amides is 2. The number of rotatable bonds is 1. The molecule has 0 radical (unpaired) electrons. The molecule has 66 valence electrons. The molecule has 1 aromatic rings. The van der Waals surface area contributed by atoms with Gasteiger partial charge in [0.15, 0.2) is 0 Å². The fourth-order valence-electron chi connectivity index (χ4n) is 1.20. The van der Waals surface area contributed by atoms with Crippen LogP contribution in [-0.4, -0.2) is 25.7 Å². The van der Waals surface area contributed by atoms with Gasteiger partial charge >= 0.3 is 81.3 Å². The van der Waals surface area contributed by atoms with Crippen LogP contribution in [0.25, 0.3) is 0 Å². The molecule has 1 N–H and O–H groups in total. The molecule has 1 fully saturated rings. The van der Waals surface area contributed by atoms with Gasteiger partial charge in [-0.3, -0.25) is 0 Å². The summed E-state index contributed by atoms with van der Waals surface area (Å²) in [5.74, 6) is -0.156. The number of imide groups is 1. The monoisotopic (exact) mass is 241 g/mol. The van der Waals surface area contributed by atoms with Crippen molar-refractivity contribution in [3.63, 3.8) is 0 Å². The zero-order valence-electron chi connectivity index (χ0n) is 6.69. The Bertz CT molecular complexity index is 350. The molecule has 3 nitrogen and oxygen atoms in total. The van der Waals surface area contributed by atoms with Gasteiger partial charge in [0.2, 0.25) is 0 Å². The molecule has 4 heteroatoms. The van der Waals surface area contributed by atoms with Crippen LogP contribution in [0.15, 0.2) is 30.3 Å². The Labute approximate surface area is 81.7 Å². The van der Waals surface area contributed by atoms with E-state index in [-0.39, 0.29) is 30.5 Å². The van der Waals surface area contributed by atoms with Gasteiger partial charge in [-0.1, -0.05) is 0 Å². The van der Waals surface area contributed by atoms with E-state index in [1.165, 1.54) is 0 Å². The Hall–Kier alpha value is -1.12. The molecule has 13 heavy (non-hydrogen) atoms. The summed E-state index contributed by atoms with van der Waals surface area (Å²) in [5, 5.41) is 2.32. The van der Waals surface area contributed by atoms with Crippen molar-refractivity contribution in [1.29, 1.82) is 0 Å². The molecule has 1 atom stereocenters. The Morgan fingerprint density at radius 1 is 1.15 bits per heavy atom. The maximum absolute atomic E-state index is 11.3. The molecule has 1 aliphatic rings. The number of carbonyl (C=O) groups excluding carboxylic acids is 2. The zero-order valence-corrected chi connectivity index (χ0v) is 8.40. The van der Waals surface area contributed by atoms with Gasteiger partial charge in [0.05, 0.1) is 0 Å². The van der Waals surface area contributed by atoms with E-state index >= 15 is 0 Å². The van der Waals surface area contributed by atoms with Crippen molar-refractivity contribution in [2.24, 2.45) is 0 Å². The summed E-state index contributed by atoms with van der Waals surface area (Å²) in [5.41, 5.74) is 0.936. The first-order valence-corrected chi connectivity index (χ1v) is 5.68. The van der Waals surface area contributed by atoms with Crippen molar-refractivity contribution in [3.05, 3.63) is 35.9 Å². The molecule has 0 aromatic heterocycles. The van der Waals surface area contributed by atoms with E-state index < -0.39 is 0 Å². The van der Waals surface area contributed by atoms with Crippen LogP contribution < -0.4 is 5.32 Å². The molecular weight excluding hydrogens is 233 g/mol. The van der Waals surface area contributed by atoms with Gasteiger partial charge in [-0.25, -0.2) is 0 Å². The quantitative estimate of drug-likeness (QED) is 0.734. The zero-order chi connectivity index (χ0) is 9.26. The first-order chi connectivity index (χ1) is 6.27. The summed E-state index contributed by atoms with van der Waals surface area (Å²) in [6, 6.07) is 9.41. The molecule has 1 heterocycles. The molecule has 2 amide bonds. The molecule has 0 bridgehead atoms. The van der Waals surface area contributed by atoms with E-state index in [1.54, 1.807) is 0 Å². The van der Waals surface area contributed by atoms with Crippen molar-refractivity contribution < 1.29 is 9.59 Å². The van der Waals surface area contributed by atoms with Gasteiger partial charge < -0.3 is 0 Å². The Morgan fingerprint density at radius 2 is 1.85 bits per heavy atom. The maximum atomic E-state index is 11.3. The van der Waals surface area contributed by atoms with E-state index in [0.29, 0.717) is 0 Å². The second-order valence-corrected chi connectivity index (χ2v) is 4.95. The van der Waals surface area contributed by atoms with Crippen LogP contribution in [0.1, 0.15) is 10.4 Å². The number of nitrogens with one attached hydrogen (secondary N) is 1. The van der Waals surface area contributed by atoms with Crippen molar-refractivity contribution >= 4 is 25.7 Å². The van der Waals surface area contributed by atoms with Gasteiger partial charge in [-0.2, -0.15) is 0 Å².